The first-order valence-electron chi connectivity index (χ1n) is 4.40. The van der Waals surface area contributed by atoms with Crippen molar-refractivity contribution in [1.29, 1.82) is 0 Å². The van der Waals surface area contributed by atoms with Crippen LogP contribution >= 0.6 is 0 Å². The first-order valence-corrected chi connectivity index (χ1v) is 4.40. The van der Waals surface area contributed by atoms with Crippen molar-refractivity contribution < 1.29 is 9.90 Å². The van der Waals surface area contributed by atoms with E-state index in [1.54, 1.807) is 10.9 Å². The van der Waals surface area contributed by atoms with Gasteiger partial charge in [-0.1, -0.05) is 5.21 Å². The average Bonchev–Trinajstić information content (AvgIpc) is 2.53. The molecular formula is C8H14N4O2. The van der Waals surface area contributed by atoms with Crippen molar-refractivity contribution in [3.63, 3.8) is 0 Å². The molecule has 0 bridgehead atoms. The van der Waals surface area contributed by atoms with Gasteiger partial charge in [0.25, 0.3) is 0 Å². The predicted molar refractivity (Wildman–Crippen MR) is 49.8 cm³/mol. The quantitative estimate of drug-likeness (QED) is 0.709. The van der Waals surface area contributed by atoms with Gasteiger partial charge in [-0.15, -0.1) is 5.10 Å². The van der Waals surface area contributed by atoms with Crippen LogP contribution in [0.25, 0.3) is 0 Å². The van der Waals surface area contributed by atoms with Crippen LogP contribution < -0.4 is 5.73 Å². The third kappa shape index (κ3) is 2.08. The molecule has 1 heterocycles. The molecule has 0 radical (unpaired) electrons. The van der Waals surface area contributed by atoms with Crippen LogP contribution in [0.2, 0.25) is 0 Å². The van der Waals surface area contributed by atoms with Gasteiger partial charge >= 0.3 is 5.97 Å². The van der Waals surface area contributed by atoms with Crippen LogP contribution in [0.15, 0.2) is 6.20 Å². The van der Waals surface area contributed by atoms with Gasteiger partial charge in [0, 0.05) is 18.8 Å². The second kappa shape index (κ2) is 4.19. The molecule has 0 aliphatic heterocycles. The summed E-state index contributed by atoms with van der Waals surface area (Å²) >= 11 is 0. The normalized spacial score (nSPS) is 13.1. The third-order valence-electron chi connectivity index (χ3n) is 1.95. The summed E-state index contributed by atoms with van der Waals surface area (Å²) in [5, 5.41) is 16.4. The van der Waals surface area contributed by atoms with E-state index < -0.39 is 11.9 Å². The molecule has 1 aromatic heterocycles. The molecule has 78 valence electrons. The Morgan fingerprint density at radius 2 is 2.36 bits per heavy atom. The molecule has 0 aliphatic rings. The molecule has 0 aliphatic carbocycles. The maximum atomic E-state index is 10.8. The molecule has 3 N–H and O–H groups in total. The molecule has 0 saturated carbocycles. The SMILES string of the molecule is CC(C)n1cc(C(CN)C(=O)O)nn1. The first-order chi connectivity index (χ1) is 6.56. The molecule has 6 nitrogen and oxygen atoms in total. The Morgan fingerprint density at radius 1 is 1.71 bits per heavy atom. The molecule has 14 heavy (non-hydrogen) atoms. The Morgan fingerprint density at radius 3 is 2.71 bits per heavy atom. The van der Waals surface area contributed by atoms with Crippen molar-refractivity contribution in [3.05, 3.63) is 11.9 Å². The number of carboxylic acids is 1. The topological polar surface area (TPSA) is 94.0 Å². The minimum Gasteiger partial charge on any atom is -0.481 e. The van der Waals surface area contributed by atoms with E-state index in [-0.39, 0.29) is 12.6 Å². The van der Waals surface area contributed by atoms with Crippen LogP contribution in [0.1, 0.15) is 31.5 Å². The number of hydrogen-bond donors (Lipinski definition) is 2. The van der Waals surface area contributed by atoms with Gasteiger partial charge in [0.2, 0.25) is 0 Å². The molecule has 6 heteroatoms. The van der Waals surface area contributed by atoms with Crippen molar-refractivity contribution in [2.24, 2.45) is 5.73 Å². The smallest absolute Gasteiger partial charge is 0.314 e. The molecule has 1 aromatic rings. The van der Waals surface area contributed by atoms with Crippen molar-refractivity contribution in [2.45, 2.75) is 25.8 Å². The lowest BCUT2D eigenvalue weighted by Gasteiger charge is -2.04. The minimum atomic E-state index is -0.969. The van der Waals surface area contributed by atoms with E-state index in [1.165, 1.54) is 0 Å². The summed E-state index contributed by atoms with van der Waals surface area (Å²) in [6, 6.07) is 0.170. The predicted octanol–water partition coefficient (Wildman–Crippen LogP) is -0.0141. The van der Waals surface area contributed by atoms with E-state index in [0.717, 1.165) is 0 Å². The van der Waals surface area contributed by atoms with Gasteiger partial charge in [0.1, 0.15) is 5.92 Å². The molecule has 1 rings (SSSR count). The van der Waals surface area contributed by atoms with E-state index in [4.69, 9.17) is 10.8 Å². The lowest BCUT2D eigenvalue weighted by atomic mass is 10.1. The highest BCUT2D eigenvalue weighted by molar-refractivity contribution is 5.75. The number of nitrogens with two attached hydrogens (primary N) is 1. The fourth-order valence-corrected chi connectivity index (χ4v) is 1.05. The summed E-state index contributed by atoms with van der Waals surface area (Å²) in [4.78, 5) is 10.8. The number of nitrogens with zero attached hydrogens (tertiary/aromatic N) is 3. The van der Waals surface area contributed by atoms with Crippen LogP contribution in [0.5, 0.6) is 0 Å². The maximum Gasteiger partial charge on any atom is 0.314 e. The zero-order valence-electron chi connectivity index (χ0n) is 8.21. The first kappa shape index (κ1) is 10.6. The molecule has 0 amide bonds. The lowest BCUT2D eigenvalue weighted by molar-refractivity contribution is -0.138. The molecular weight excluding hydrogens is 184 g/mol. The monoisotopic (exact) mass is 198 g/mol. The zero-order chi connectivity index (χ0) is 10.7. The second-order valence-corrected chi connectivity index (χ2v) is 3.34. The number of aliphatic carboxylic acids is 1. The number of carbonyl (C=O) groups is 1. The zero-order valence-corrected chi connectivity index (χ0v) is 8.21. The number of rotatable bonds is 4. The van der Waals surface area contributed by atoms with E-state index >= 15 is 0 Å². The Kier molecular flexibility index (Phi) is 3.19. The van der Waals surface area contributed by atoms with Gasteiger partial charge in [0.15, 0.2) is 0 Å². The maximum absolute atomic E-state index is 10.8. The van der Waals surface area contributed by atoms with Crippen LogP contribution in [0.4, 0.5) is 0 Å². The van der Waals surface area contributed by atoms with Crippen LogP contribution in [0.3, 0.4) is 0 Å². The van der Waals surface area contributed by atoms with Gasteiger partial charge in [0.05, 0.1) is 5.69 Å². The third-order valence-corrected chi connectivity index (χ3v) is 1.95. The van der Waals surface area contributed by atoms with Crippen LogP contribution in [-0.4, -0.2) is 32.6 Å². The lowest BCUT2D eigenvalue weighted by Crippen LogP contribution is -2.21. The van der Waals surface area contributed by atoms with Crippen LogP contribution in [-0.2, 0) is 4.79 Å². The molecule has 0 aromatic carbocycles. The van der Waals surface area contributed by atoms with Gasteiger partial charge in [-0.2, -0.15) is 0 Å². The molecule has 1 atom stereocenters. The minimum absolute atomic E-state index is 0.0339. The summed E-state index contributed by atoms with van der Waals surface area (Å²) < 4.78 is 1.61. The standard InChI is InChI=1S/C8H14N4O2/c1-5(2)12-4-7(10-11-12)6(3-9)8(13)14/h4-6H,3,9H2,1-2H3,(H,13,14). The average molecular weight is 198 g/mol. The van der Waals surface area contributed by atoms with Crippen LogP contribution in [0, 0.1) is 0 Å². The van der Waals surface area contributed by atoms with Gasteiger partial charge < -0.3 is 10.8 Å². The largest absolute Gasteiger partial charge is 0.481 e. The summed E-state index contributed by atoms with van der Waals surface area (Å²) in [7, 11) is 0. The van der Waals surface area contributed by atoms with Gasteiger partial charge in [-0.05, 0) is 13.8 Å². The van der Waals surface area contributed by atoms with E-state index in [0.29, 0.717) is 5.69 Å². The molecule has 0 fully saturated rings. The Bertz CT molecular complexity index is 321. The summed E-state index contributed by atoms with van der Waals surface area (Å²) in [6.45, 7) is 3.92. The van der Waals surface area contributed by atoms with Crippen molar-refractivity contribution >= 4 is 5.97 Å². The van der Waals surface area contributed by atoms with Crippen molar-refractivity contribution in [3.8, 4) is 0 Å². The number of aromatic nitrogens is 3. The second-order valence-electron chi connectivity index (χ2n) is 3.34. The van der Waals surface area contributed by atoms with Crippen molar-refractivity contribution in [1.82, 2.24) is 15.0 Å². The fourth-order valence-electron chi connectivity index (χ4n) is 1.05. The summed E-state index contributed by atoms with van der Waals surface area (Å²) in [5.41, 5.74) is 5.74. The highest BCUT2D eigenvalue weighted by atomic mass is 16.4. The van der Waals surface area contributed by atoms with E-state index in [2.05, 4.69) is 10.3 Å². The fraction of sp³-hybridized carbons (Fsp3) is 0.625. The van der Waals surface area contributed by atoms with Crippen molar-refractivity contribution in [2.75, 3.05) is 6.54 Å². The van der Waals surface area contributed by atoms with E-state index in [9.17, 15) is 4.79 Å². The molecule has 1 unspecified atom stereocenters. The van der Waals surface area contributed by atoms with E-state index in [1.807, 2.05) is 13.8 Å². The highest BCUT2D eigenvalue weighted by Crippen LogP contribution is 2.12. The summed E-state index contributed by atoms with van der Waals surface area (Å²) in [6.07, 6.45) is 1.62. The van der Waals surface area contributed by atoms with Gasteiger partial charge in [-0.3, -0.25) is 4.79 Å². The summed E-state index contributed by atoms with van der Waals surface area (Å²) in [5.74, 6) is -1.73. The Labute approximate surface area is 81.7 Å². The highest BCUT2D eigenvalue weighted by Gasteiger charge is 2.21. The van der Waals surface area contributed by atoms with Gasteiger partial charge in [-0.25, -0.2) is 4.68 Å². The Balaban J connectivity index is 2.89. The Hall–Kier alpha value is -1.43. The molecule has 0 saturated heterocycles. The number of hydrogen-bond acceptors (Lipinski definition) is 4. The number of carboxylic acid groups (broad SMARTS) is 1. The molecule has 0 spiro atoms.